The van der Waals surface area contributed by atoms with Gasteiger partial charge in [-0.1, -0.05) is 30.3 Å². The van der Waals surface area contributed by atoms with E-state index in [2.05, 4.69) is 38.6 Å². The Labute approximate surface area is 154 Å². The highest BCUT2D eigenvalue weighted by atomic mass is 127. The van der Waals surface area contributed by atoms with Crippen molar-refractivity contribution in [2.75, 3.05) is 0 Å². The Balaban J connectivity index is 2.06. The summed E-state index contributed by atoms with van der Waals surface area (Å²) >= 11 is 4.90. The van der Waals surface area contributed by atoms with Crippen LogP contribution in [0.25, 0.3) is 21.9 Å². The van der Waals surface area contributed by atoms with Crippen LogP contribution in [0.4, 0.5) is 0 Å². The van der Waals surface area contributed by atoms with Gasteiger partial charge < -0.3 is 5.11 Å². The quantitative estimate of drug-likeness (QED) is 0.341. The molecule has 0 saturated heterocycles. The Bertz CT molecular complexity index is 922. The van der Waals surface area contributed by atoms with Crippen molar-refractivity contribution in [1.29, 1.82) is 5.26 Å². The molecule has 2 aromatic heterocycles. The molecule has 0 aliphatic heterocycles. The summed E-state index contributed by atoms with van der Waals surface area (Å²) in [6.45, 7) is 1.82. The lowest BCUT2D eigenvalue weighted by Gasteiger charge is -2.00. The first-order chi connectivity index (χ1) is 11.1. The van der Waals surface area contributed by atoms with Crippen molar-refractivity contribution in [3.63, 3.8) is 0 Å². The zero-order chi connectivity index (χ0) is 16.4. The number of hydrogen-bond acceptors (Lipinski definition) is 6. The molecule has 2 heterocycles. The van der Waals surface area contributed by atoms with Crippen molar-refractivity contribution >= 4 is 56.6 Å². The van der Waals surface area contributed by atoms with E-state index in [4.69, 9.17) is 0 Å². The molecule has 1 aromatic carbocycles. The first-order valence-electron chi connectivity index (χ1n) is 6.58. The molecule has 3 rings (SSSR count). The summed E-state index contributed by atoms with van der Waals surface area (Å²) in [4.78, 5) is 9.39. The van der Waals surface area contributed by atoms with E-state index in [0.717, 1.165) is 13.6 Å². The molecule has 0 amide bonds. The van der Waals surface area contributed by atoms with Gasteiger partial charge in [-0.3, -0.25) is 0 Å². The zero-order valence-electron chi connectivity index (χ0n) is 11.9. The molecule has 114 valence electrons. The Morgan fingerprint density at radius 2 is 2.00 bits per heavy atom. The summed E-state index contributed by atoms with van der Waals surface area (Å²) in [7, 11) is 0. The van der Waals surface area contributed by atoms with Gasteiger partial charge in [0.2, 0.25) is 0 Å². The monoisotopic (exact) mass is 451 g/mol. The van der Waals surface area contributed by atoms with Gasteiger partial charge in [-0.2, -0.15) is 5.26 Å². The Morgan fingerprint density at radius 1 is 1.26 bits per heavy atom. The van der Waals surface area contributed by atoms with Gasteiger partial charge >= 0.3 is 0 Å². The van der Waals surface area contributed by atoms with Gasteiger partial charge in [0.15, 0.2) is 8.77 Å². The molecule has 0 aliphatic rings. The predicted molar refractivity (Wildman–Crippen MR) is 102 cm³/mol. The van der Waals surface area contributed by atoms with Gasteiger partial charge in [-0.05, 0) is 29.5 Å². The minimum absolute atomic E-state index is 0.0599. The van der Waals surface area contributed by atoms with Crippen LogP contribution in [0.3, 0.4) is 0 Å². The molecule has 0 bridgehead atoms. The van der Waals surface area contributed by atoms with Crippen molar-refractivity contribution < 1.29 is 5.11 Å². The van der Waals surface area contributed by atoms with E-state index in [1.165, 1.54) is 22.7 Å². The number of aromatic nitrogens is 2. The number of aliphatic hydroxyl groups is 1. The molecule has 0 aliphatic carbocycles. The molecule has 23 heavy (non-hydrogen) atoms. The van der Waals surface area contributed by atoms with Gasteiger partial charge in [-0.25, -0.2) is 9.97 Å². The van der Waals surface area contributed by atoms with E-state index in [-0.39, 0.29) is 11.3 Å². The second-order valence-electron chi connectivity index (χ2n) is 4.62. The Hall–Kier alpha value is -1.76. The van der Waals surface area contributed by atoms with Gasteiger partial charge in [0.05, 0.1) is 16.3 Å². The van der Waals surface area contributed by atoms with Gasteiger partial charge in [0.1, 0.15) is 16.6 Å². The number of thiazole rings is 2. The van der Waals surface area contributed by atoms with Crippen LogP contribution in [0.5, 0.6) is 0 Å². The fourth-order valence-corrected chi connectivity index (χ4v) is 4.61. The highest BCUT2D eigenvalue weighted by Gasteiger charge is 2.18. The van der Waals surface area contributed by atoms with Crippen LogP contribution in [0.2, 0.25) is 0 Å². The lowest BCUT2D eigenvalue weighted by atomic mass is 10.1. The molecule has 7 heteroatoms. The second kappa shape index (κ2) is 6.78. The molecule has 0 unspecified atom stereocenters. The molecule has 3 aromatic rings. The molecule has 0 atom stereocenters. The fourth-order valence-electron chi connectivity index (χ4n) is 2.03. The normalized spacial score (nSPS) is 11.9. The maximum absolute atomic E-state index is 10.5. The minimum Gasteiger partial charge on any atom is -0.505 e. The number of aliphatic hydroxyl groups excluding tert-OH is 1. The number of nitriles is 1. The third-order valence-electron chi connectivity index (χ3n) is 3.12. The van der Waals surface area contributed by atoms with E-state index in [0.29, 0.717) is 16.3 Å². The fraction of sp³-hybridized carbons (Fsp3) is 0.0625. The highest BCUT2D eigenvalue weighted by Crippen LogP contribution is 2.33. The van der Waals surface area contributed by atoms with E-state index < -0.39 is 0 Å². The van der Waals surface area contributed by atoms with Crippen molar-refractivity contribution in [2.45, 2.75) is 6.92 Å². The van der Waals surface area contributed by atoms with Gasteiger partial charge in [0.25, 0.3) is 0 Å². The minimum atomic E-state index is -0.0599. The van der Waals surface area contributed by atoms with Crippen LogP contribution in [0.1, 0.15) is 16.3 Å². The number of aryl methyl sites for hydroxylation is 1. The van der Waals surface area contributed by atoms with Crippen molar-refractivity contribution in [2.24, 2.45) is 0 Å². The Kier molecular flexibility index (Phi) is 4.75. The van der Waals surface area contributed by atoms with Crippen molar-refractivity contribution in [1.82, 2.24) is 9.97 Å². The summed E-state index contributed by atoms with van der Waals surface area (Å²) in [6.07, 6.45) is 0. The number of nitrogens with zero attached hydrogens (tertiary/aromatic N) is 3. The topological polar surface area (TPSA) is 69.8 Å². The highest BCUT2D eigenvalue weighted by molar-refractivity contribution is 14.1. The number of allylic oxidation sites excluding steroid dienone is 1. The molecule has 4 nitrogen and oxygen atoms in total. The number of rotatable bonds is 3. The van der Waals surface area contributed by atoms with Crippen LogP contribution in [-0.4, -0.2) is 15.1 Å². The third-order valence-corrected chi connectivity index (χ3v) is 5.86. The van der Waals surface area contributed by atoms with E-state index in [1.807, 2.05) is 37.3 Å². The largest absolute Gasteiger partial charge is 0.505 e. The van der Waals surface area contributed by atoms with E-state index >= 15 is 0 Å². The Morgan fingerprint density at radius 3 is 2.61 bits per heavy atom. The van der Waals surface area contributed by atoms with E-state index in [9.17, 15) is 10.4 Å². The first kappa shape index (κ1) is 16.1. The molecule has 0 saturated carbocycles. The standard InChI is InChI=1S/C16H10IN3OS2/c1-9-14(23-16(17)19-9)13(21)11(7-18)12-8-22-15(20-12)10-5-3-2-4-6-10/h2-6,8,21H,1H3. The molecule has 0 spiro atoms. The summed E-state index contributed by atoms with van der Waals surface area (Å²) < 4.78 is 0.821. The lowest BCUT2D eigenvalue weighted by Crippen LogP contribution is -1.91. The summed E-state index contributed by atoms with van der Waals surface area (Å²) in [6, 6.07) is 11.8. The average Bonchev–Trinajstić information content (AvgIpc) is 3.15. The van der Waals surface area contributed by atoms with Gasteiger partial charge in [0, 0.05) is 10.9 Å². The number of hydrogen-bond donors (Lipinski definition) is 1. The van der Waals surface area contributed by atoms with Gasteiger partial charge in [-0.15, -0.1) is 22.7 Å². The maximum Gasteiger partial charge on any atom is 0.154 e. The van der Waals surface area contributed by atoms with E-state index in [1.54, 1.807) is 5.38 Å². The van der Waals surface area contributed by atoms with Crippen LogP contribution in [0, 0.1) is 21.3 Å². The van der Waals surface area contributed by atoms with Crippen LogP contribution in [0.15, 0.2) is 35.7 Å². The number of benzene rings is 1. The van der Waals surface area contributed by atoms with Crippen molar-refractivity contribution in [3.8, 4) is 16.6 Å². The maximum atomic E-state index is 10.5. The summed E-state index contributed by atoms with van der Waals surface area (Å²) in [5, 5.41) is 22.6. The third kappa shape index (κ3) is 3.29. The molecular formula is C16H10IN3OS2. The number of halogens is 1. The van der Waals surface area contributed by atoms with Crippen LogP contribution in [-0.2, 0) is 0 Å². The molecule has 0 fully saturated rings. The van der Waals surface area contributed by atoms with Crippen LogP contribution >= 0.6 is 45.3 Å². The average molecular weight is 451 g/mol. The molecule has 1 N–H and O–H groups in total. The summed E-state index contributed by atoms with van der Waals surface area (Å²) in [5.74, 6) is -0.0599. The first-order valence-corrected chi connectivity index (χ1v) is 9.35. The smallest absolute Gasteiger partial charge is 0.154 e. The van der Waals surface area contributed by atoms with Crippen LogP contribution < -0.4 is 0 Å². The zero-order valence-corrected chi connectivity index (χ0v) is 15.7. The SMILES string of the molecule is Cc1nc(I)sc1C(O)=C(C#N)c1csc(-c2ccccc2)n1. The second-order valence-corrected chi connectivity index (χ2v) is 8.23. The lowest BCUT2D eigenvalue weighted by molar-refractivity contribution is 0.515. The molecule has 0 radical (unpaired) electrons. The van der Waals surface area contributed by atoms with Crippen molar-refractivity contribution in [3.05, 3.63) is 55.0 Å². The predicted octanol–water partition coefficient (Wildman–Crippen LogP) is 5.13. The summed E-state index contributed by atoms with van der Waals surface area (Å²) in [5.41, 5.74) is 2.36. The molecular weight excluding hydrogens is 441 g/mol.